The summed E-state index contributed by atoms with van der Waals surface area (Å²) in [6, 6.07) is -1.07. The maximum Gasteiger partial charge on any atom is 0.268 e. The van der Waals surface area contributed by atoms with Crippen molar-refractivity contribution in [3.05, 3.63) is 0 Å². The molecule has 0 radical (unpaired) electrons. The Kier molecular flexibility index (Phi) is 51.5. The zero-order chi connectivity index (χ0) is 51.5. The number of aliphatic hydroxyl groups excluding tert-OH is 2. The van der Waals surface area contributed by atoms with E-state index in [2.05, 4.69) is 19.2 Å². The van der Waals surface area contributed by atoms with Crippen LogP contribution < -0.4 is 10.2 Å². The summed E-state index contributed by atoms with van der Waals surface area (Å²) in [5, 5.41) is 24.8. The average molecular weight is 1020 g/mol. The predicted octanol–water partition coefficient (Wildman–Crippen LogP) is 17.2. The number of hydrogen-bond donors (Lipinski definition) is 3. The zero-order valence-electron chi connectivity index (χ0n) is 47.6. The number of unbranched alkanes of at least 4 members (excludes halogenated alkanes) is 44. The number of phosphoric ester groups is 1. The number of quaternary nitrogens is 1. The van der Waals surface area contributed by atoms with Crippen LogP contribution in [0.1, 0.15) is 322 Å². The fourth-order valence-electron chi connectivity index (χ4n) is 9.79. The molecule has 0 aromatic heterocycles. The SMILES string of the molecule is CCCCCCCCCCCCCCCCCCCCCCCCCCCCCCCCCCCCC(=O)NC(COP(=O)([O-])OCC[N+](C)(C)C)C(O)C(O)CCCCCCCCCCCCCC. The van der Waals surface area contributed by atoms with Gasteiger partial charge in [-0.2, -0.15) is 0 Å². The van der Waals surface area contributed by atoms with Crippen molar-refractivity contribution in [1.29, 1.82) is 0 Å². The Morgan fingerprint density at radius 2 is 0.729 bits per heavy atom. The largest absolute Gasteiger partial charge is 0.756 e. The van der Waals surface area contributed by atoms with Crippen LogP contribution in [0.5, 0.6) is 0 Å². The first-order valence-electron chi connectivity index (χ1n) is 31.0. The molecule has 3 N–H and O–H groups in total. The molecule has 420 valence electrons. The number of nitrogens with zero attached hydrogens (tertiary/aromatic N) is 1. The number of nitrogens with one attached hydrogen (secondary N) is 1. The molecule has 0 saturated carbocycles. The molecule has 0 saturated heterocycles. The standard InChI is InChI=1S/C60H123N2O7P/c1-6-8-10-12-14-16-18-20-21-22-23-24-25-26-27-28-29-30-31-32-33-34-35-36-37-38-39-40-41-43-45-47-49-51-53-59(64)61-57(56-69-70(66,67)68-55-54-62(3,4)5)60(65)58(63)52-50-48-46-44-42-19-17-15-13-11-9-7-2/h57-58,60,63,65H,6-56H2,1-5H3,(H-,61,64,66,67). The average Bonchev–Trinajstić information content (AvgIpc) is 3.32. The summed E-state index contributed by atoms with van der Waals surface area (Å²) < 4.78 is 23.3. The number of carbonyl (C=O) groups excluding carboxylic acids is 1. The van der Waals surface area contributed by atoms with Crippen molar-refractivity contribution in [2.24, 2.45) is 0 Å². The van der Waals surface area contributed by atoms with Gasteiger partial charge in [-0.15, -0.1) is 0 Å². The third-order valence-corrected chi connectivity index (χ3v) is 15.7. The normalized spacial score (nSPS) is 14.2. The van der Waals surface area contributed by atoms with E-state index in [1.165, 1.54) is 257 Å². The predicted molar refractivity (Wildman–Crippen MR) is 299 cm³/mol. The molecule has 0 fully saturated rings. The summed E-state index contributed by atoms with van der Waals surface area (Å²) in [7, 11) is 1.14. The van der Waals surface area contributed by atoms with Crippen molar-refractivity contribution in [2.45, 2.75) is 340 Å². The van der Waals surface area contributed by atoms with Gasteiger partial charge in [0, 0.05) is 6.42 Å². The number of likely N-dealkylation sites (N-methyl/N-ethyl adjacent to an activating group) is 1. The van der Waals surface area contributed by atoms with Gasteiger partial charge < -0.3 is 34.0 Å². The Bertz CT molecular complexity index is 1120. The maximum absolute atomic E-state index is 13.0. The van der Waals surface area contributed by atoms with Crippen molar-refractivity contribution in [3.8, 4) is 0 Å². The van der Waals surface area contributed by atoms with E-state index in [1.54, 1.807) is 0 Å². The van der Waals surface area contributed by atoms with Gasteiger partial charge in [0.1, 0.15) is 19.3 Å². The summed E-state index contributed by atoms with van der Waals surface area (Å²) >= 11 is 0. The number of carbonyl (C=O) groups is 1. The van der Waals surface area contributed by atoms with Gasteiger partial charge in [-0.25, -0.2) is 0 Å². The smallest absolute Gasteiger partial charge is 0.268 e. The van der Waals surface area contributed by atoms with Gasteiger partial charge in [0.2, 0.25) is 5.91 Å². The monoisotopic (exact) mass is 1010 g/mol. The fourth-order valence-corrected chi connectivity index (χ4v) is 10.5. The molecule has 0 aliphatic heterocycles. The summed E-state index contributed by atoms with van der Waals surface area (Å²) in [5.41, 5.74) is 0. The molecule has 4 atom stereocenters. The summed E-state index contributed by atoms with van der Waals surface area (Å²) in [4.78, 5) is 25.5. The minimum absolute atomic E-state index is 0.0365. The van der Waals surface area contributed by atoms with Crippen LogP contribution >= 0.6 is 7.82 Å². The second-order valence-electron chi connectivity index (χ2n) is 22.9. The molecule has 0 aromatic carbocycles. The van der Waals surface area contributed by atoms with Crippen LogP contribution in [0.15, 0.2) is 0 Å². The Morgan fingerprint density at radius 1 is 0.457 bits per heavy atom. The van der Waals surface area contributed by atoms with Crippen LogP contribution in [0.25, 0.3) is 0 Å². The first-order valence-corrected chi connectivity index (χ1v) is 32.4. The number of rotatable bonds is 58. The molecule has 70 heavy (non-hydrogen) atoms. The van der Waals surface area contributed by atoms with Crippen LogP contribution in [-0.2, 0) is 18.4 Å². The maximum atomic E-state index is 13.0. The molecule has 0 rings (SSSR count). The molecule has 0 spiro atoms. The van der Waals surface area contributed by atoms with Crippen LogP contribution in [0, 0.1) is 0 Å². The molecule has 10 heteroatoms. The summed E-state index contributed by atoms with van der Waals surface area (Å²) in [6.07, 6.45) is 59.1. The van der Waals surface area contributed by atoms with E-state index in [9.17, 15) is 24.5 Å². The lowest BCUT2D eigenvalue weighted by molar-refractivity contribution is -0.870. The number of aliphatic hydroxyl groups is 2. The van der Waals surface area contributed by atoms with Crippen LogP contribution in [0.3, 0.4) is 0 Å². The third-order valence-electron chi connectivity index (χ3n) is 14.7. The first kappa shape index (κ1) is 69.5. The van der Waals surface area contributed by atoms with Gasteiger partial charge >= 0.3 is 0 Å². The lowest BCUT2D eigenvalue weighted by Crippen LogP contribution is -2.51. The second-order valence-corrected chi connectivity index (χ2v) is 24.3. The van der Waals surface area contributed by atoms with Crippen molar-refractivity contribution < 1.29 is 38.0 Å². The zero-order valence-corrected chi connectivity index (χ0v) is 48.5. The van der Waals surface area contributed by atoms with Crippen LogP contribution in [-0.4, -0.2) is 79.8 Å². The first-order chi connectivity index (χ1) is 33.9. The van der Waals surface area contributed by atoms with Gasteiger partial charge in [0.15, 0.2) is 0 Å². The van der Waals surface area contributed by atoms with Gasteiger partial charge in [0.25, 0.3) is 7.82 Å². The summed E-state index contributed by atoms with van der Waals surface area (Å²) in [6.45, 7) is 4.49. The lowest BCUT2D eigenvalue weighted by atomic mass is 9.99. The van der Waals surface area contributed by atoms with Crippen LogP contribution in [0.2, 0.25) is 0 Å². The molecule has 0 aliphatic rings. The van der Waals surface area contributed by atoms with Crippen molar-refractivity contribution >= 4 is 13.7 Å². The van der Waals surface area contributed by atoms with Gasteiger partial charge in [0.05, 0.1) is 39.9 Å². The topological polar surface area (TPSA) is 128 Å². The number of hydrogen-bond acceptors (Lipinski definition) is 7. The summed E-state index contributed by atoms with van der Waals surface area (Å²) in [5.74, 6) is -0.271. The van der Waals surface area contributed by atoms with E-state index in [-0.39, 0.29) is 18.9 Å². The number of phosphoric acid groups is 1. The third kappa shape index (κ3) is 52.3. The Morgan fingerprint density at radius 3 is 1.01 bits per heavy atom. The second kappa shape index (κ2) is 51.9. The highest BCUT2D eigenvalue weighted by molar-refractivity contribution is 7.45. The molecule has 0 aromatic rings. The Balaban J connectivity index is 3.96. The van der Waals surface area contributed by atoms with Gasteiger partial charge in [-0.3, -0.25) is 9.36 Å². The van der Waals surface area contributed by atoms with E-state index in [0.29, 0.717) is 17.4 Å². The van der Waals surface area contributed by atoms with E-state index < -0.39 is 32.7 Å². The number of amides is 1. The van der Waals surface area contributed by atoms with Crippen molar-refractivity contribution in [2.75, 3.05) is 40.9 Å². The van der Waals surface area contributed by atoms with E-state index in [0.717, 1.165) is 38.5 Å². The van der Waals surface area contributed by atoms with E-state index >= 15 is 0 Å². The Hall–Kier alpha value is -0.540. The van der Waals surface area contributed by atoms with Gasteiger partial charge in [-0.05, 0) is 12.8 Å². The molecule has 0 aliphatic carbocycles. The Labute approximate surface area is 436 Å². The minimum Gasteiger partial charge on any atom is -0.756 e. The molecule has 1 amide bonds. The van der Waals surface area contributed by atoms with Crippen LogP contribution in [0.4, 0.5) is 0 Å². The highest BCUT2D eigenvalue weighted by Crippen LogP contribution is 2.38. The minimum atomic E-state index is -4.67. The fraction of sp³-hybridized carbons (Fsp3) is 0.983. The van der Waals surface area contributed by atoms with E-state index in [1.807, 2.05) is 21.1 Å². The molecule has 0 heterocycles. The van der Waals surface area contributed by atoms with Crippen molar-refractivity contribution in [3.63, 3.8) is 0 Å². The molecule has 4 unspecified atom stereocenters. The molecule has 9 nitrogen and oxygen atoms in total. The quantitative estimate of drug-likeness (QED) is 0.0314. The lowest BCUT2D eigenvalue weighted by Gasteiger charge is -2.31. The van der Waals surface area contributed by atoms with Crippen molar-refractivity contribution in [1.82, 2.24) is 5.32 Å². The molecular weight excluding hydrogens is 892 g/mol. The van der Waals surface area contributed by atoms with Gasteiger partial charge in [-0.1, -0.05) is 303 Å². The highest BCUT2D eigenvalue weighted by Gasteiger charge is 2.29. The molecular formula is C60H123N2O7P. The molecule has 0 bridgehead atoms. The highest BCUT2D eigenvalue weighted by atomic mass is 31.2. The van der Waals surface area contributed by atoms with E-state index in [4.69, 9.17) is 9.05 Å².